The number of ether oxygens (including phenoxy) is 1. The van der Waals surface area contributed by atoms with E-state index in [1.54, 1.807) is 7.11 Å². The minimum atomic E-state index is -0.181. The summed E-state index contributed by atoms with van der Waals surface area (Å²) in [5, 5.41) is 7.25. The van der Waals surface area contributed by atoms with Crippen LogP contribution in [0.25, 0.3) is 11.0 Å². The molecule has 2 aromatic carbocycles. The van der Waals surface area contributed by atoms with Crippen molar-refractivity contribution in [3.05, 3.63) is 64.5 Å². The Bertz CT molecular complexity index is 1350. The van der Waals surface area contributed by atoms with Crippen molar-refractivity contribution in [2.45, 2.75) is 30.8 Å². The monoisotopic (exact) mass is 492 g/mol. The lowest BCUT2D eigenvalue weighted by molar-refractivity contribution is -0.113. The largest absolute Gasteiger partial charge is 0.497 e. The maximum atomic E-state index is 13.2. The molecule has 1 aliphatic carbocycles. The lowest BCUT2D eigenvalue weighted by atomic mass is 9.95. The first-order valence-corrected chi connectivity index (χ1v) is 12.9. The van der Waals surface area contributed by atoms with Gasteiger partial charge in [-0.25, -0.2) is 4.98 Å². The van der Waals surface area contributed by atoms with Crippen LogP contribution in [0.3, 0.4) is 0 Å². The van der Waals surface area contributed by atoms with Gasteiger partial charge in [0.1, 0.15) is 10.8 Å². The van der Waals surface area contributed by atoms with Gasteiger partial charge in [0.05, 0.1) is 29.5 Å². The van der Waals surface area contributed by atoms with Crippen LogP contribution in [-0.2, 0) is 17.6 Å². The summed E-state index contributed by atoms with van der Waals surface area (Å²) in [6.07, 6.45) is 3.96. The number of anilines is 2. The maximum Gasteiger partial charge on any atom is 0.258 e. The highest BCUT2D eigenvalue weighted by molar-refractivity contribution is 7.99. The van der Waals surface area contributed by atoms with Gasteiger partial charge in [0.15, 0.2) is 5.16 Å². The second kappa shape index (κ2) is 9.90. The molecule has 1 aliphatic rings. The number of methoxy groups -OCH3 is 1. The number of para-hydroxylation sites is 1. The van der Waals surface area contributed by atoms with Crippen molar-refractivity contribution in [1.29, 1.82) is 0 Å². The Kier molecular flexibility index (Phi) is 6.55. The van der Waals surface area contributed by atoms with E-state index in [9.17, 15) is 9.59 Å². The van der Waals surface area contributed by atoms with Gasteiger partial charge in [-0.3, -0.25) is 9.59 Å². The number of rotatable bonds is 7. The number of aromatic nitrogens is 2. The van der Waals surface area contributed by atoms with Crippen molar-refractivity contribution >= 4 is 56.6 Å². The number of nitrogens with one attached hydrogen (secondary N) is 3. The molecule has 2 aromatic heterocycles. The summed E-state index contributed by atoms with van der Waals surface area (Å²) in [5.41, 5.74) is 4.07. The Labute approximate surface area is 205 Å². The zero-order valence-corrected chi connectivity index (χ0v) is 20.3. The molecule has 0 saturated heterocycles. The number of thioether (sulfide) groups is 1. The minimum absolute atomic E-state index is 0.171. The molecule has 3 N–H and O–H groups in total. The number of aryl methyl sites for hydroxylation is 1. The fourth-order valence-corrected chi connectivity index (χ4v) is 6.05. The third-order valence-electron chi connectivity index (χ3n) is 5.69. The van der Waals surface area contributed by atoms with E-state index >= 15 is 0 Å². The maximum absolute atomic E-state index is 13.2. The number of aromatic amines is 1. The number of benzene rings is 2. The Morgan fingerprint density at radius 2 is 1.94 bits per heavy atom. The van der Waals surface area contributed by atoms with Gasteiger partial charge in [0, 0.05) is 16.6 Å². The molecule has 0 spiro atoms. The summed E-state index contributed by atoms with van der Waals surface area (Å²) in [6, 6.07) is 15.0. The smallest absolute Gasteiger partial charge is 0.258 e. The van der Waals surface area contributed by atoms with Crippen LogP contribution in [0.1, 0.15) is 33.6 Å². The van der Waals surface area contributed by atoms with Crippen LogP contribution >= 0.6 is 23.1 Å². The topological polar surface area (TPSA) is 96.1 Å². The molecule has 5 rings (SSSR count). The van der Waals surface area contributed by atoms with Crippen molar-refractivity contribution in [1.82, 2.24) is 9.97 Å². The molecule has 0 radical (unpaired) electrons. The van der Waals surface area contributed by atoms with E-state index in [0.717, 1.165) is 53.7 Å². The third kappa shape index (κ3) is 4.80. The molecule has 174 valence electrons. The lowest BCUT2D eigenvalue weighted by Gasteiger charge is -2.13. The lowest BCUT2D eigenvalue weighted by Crippen LogP contribution is -2.19. The van der Waals surface area contributed by atoms with Crippen molar-refractivity contribution < 1.29 is 14.3 Å². The Hall–Kier alpha value is -3.30. The molecular formula is C25H24N4O3S2. The number of imidazole rings is 1. The summed E-state index contributed by atoms with van der Waals surface area (Å²) < 4.78 is 5.25. The highest BCUT2D eigenvalue weighted by Gasteiger charge is 2.26. The van der Waals surface area contributed by atoms with Crippen molar-refractivity contribution in [3.63, 3.8) is 0 Å². The molecule has 34 heavy (non-hydrogen) atoms. The molecule has 4 aromatic rings. The van der Waals surface area contributed by atoms with Gasteiger partial charge in [-0.05, 0) is 55.5 Å². The molecule has 0 atom stereocenters. The zero-order chi connectivity index (χ0) is 23.5. The average molecular weight is 493 g/mol. The third-order valence-corrected chi connectivity index (χ3v) is 7.77. The molecule has 0 saturated carbocycles. The first-order valence-electron chi connectivity index (χ1n) is 11.1. The minimum Gasteiger partial charge on any atom is -0.497 e. The fraction of sp³-hybridized carbons (Fsp3) is 0.240. The molecule has 9 heteroatoms. The SMILES string of the molecule is COc1ccc2nc(SCC(=O)Nc3sc4c(c3C(=O)Nc3ccccc3)CCCC4)[nH]c2c1. The number of hydrogen-bond donors (Lipinski definition) is 3. The normalized spacial score (nSPS) is 12.9. The van der Waals surface area contributed by atoms with Gasteiger partial charge in [-0.2, -0.15) is 0 Å². The van der Waals surface area contributed by atoms with Crippen molar-refractivity contribution in [2.24, 2.45) is 0 Å². The Morgan fingerprint density at radius 3 is 2.76 bits per heavy atom. The molecule has 0 bridgehead atoms. The molecular weight excluding hydrogens is 468 g/mol. The second-order valence-electron chi connectivity index (χ2n) is 8.00. The van der Waals surface area contributed by atoms with Crippen molar-refractivity contribution in [2.75, 3.05) is 23.5 Å². The Balaban J connectivity index is 1.31. The summed E-state index contributed by atoms with van der Waals surface area (Å²) >= 11 is 2.84. The Morgan fingerprint density at radius 1 is 1.12 bits per heavy atom. The van der Waals surface area contributed by atoms with E-state index in [2.05, 4.69) is 20.6 Å². The summed E-state index contributed by atoms with van der Waals surface area (Å²) in [7, 11) is 1.62. The molecule has 2 amide bonds. The average Bonchev–Trinajstić information content (AvgIpc) is 3.43. The van der Waals surface area contributed by atoms with E-state index in [4.69, 9.17) is 4.74 Å². The highest BCUT2D eigenvalue weighted by Crippen LogP contribution is 2.38. The van der Waals surface area contributed by atoms with Gasteiger partial charge in [0.2, 0.25) is 5.91 Å². The number of fused-ring (bicyclic) bond motifs is 2. The van der Waals surface area contributed by atoms with Crippen LogP contribution in [0.2, 0.25) is 0 Å². The van der Waals surface area contributed by atoms with Gasteiger partial charge < -0.3 is 20.4 Å². The second-order valence-corrected chi connectivity index (χ2v) is 10.1. The van der Waals surface area contributed by atoms with Crippen molar-refractivity contribution in [3.8, 4) is 5.75 Å². The number of thiophene rings is 1. The molecule has 2 heterocycles. The predicted molar refractivity (Wildman–Crippen MR) is 137 cm³/mol. The van der Waals surface area contributed by atoms with E-state index in [-0.39, 0.29) is 17.6 Å². The first-order chi connectivity index (χ1) is 16.6. The van der Waals surface area contributed by atoms with E-state index < -0.39 is 0 Å². The van der Waals surface area contributed by atoms with E-state index in [1.807, 2.05) is 48.5 Å². The standard InChI is InChI=1S/C25H24N4O3S2/c1-32-16-11-12-18-19(13-16)28-25(27-18)33-14-21(30)29-24-22(17-9-5-6-10-20(17)34-24)23(31)26-15-7-3-2-4-8-15/h2-4,7-8,11-13H,5-6,9-10,14H2,1H3,(H,26,31)(H,27,28)(H,29,30). The fourth-order valence-electron chi connectivity index (χ4n) is 4.07. The molecule has 7 nitrogen and oxygen atoms in total. The van der Waals surface area contributed by atoms with Crippen LogP contribution < -0.4 is 15.4 Å². The number of nitrogens with zero attached hydrogens (tertiary/aromatic N) is 1. The molecule has 0 unspecified atom stereocenters. The van der Waals surface area contributed by atoms with Gasteiger partial charge in [-0.15, -0.1) is 11.3 Å². The van der Waals surface area contributed by atoms with Crippen LogP contribution in [0.4, 0.5) is 10.7 Å². The quantitative estimate of drug-likeness (QED) is 0.296. The summed E-state index contributed by atoms with van der Waals surface area (Å²) in [6.45, 7) is 0. The number of amides is 2. The number of carbonyl (C=O) groups is 2. The van der Waals surface area contributed by atoms with Crippen LogP contribution in [0.15, 0.2) is 53.7 Å². The van der Waals surface area contributed by atoms with Gasteiger partial charge in [0.25, 0.3) is 5.91 Å². The van der Waals surface area contributed by atoms with Gasteiger partial charge in [-0.1, -0.05) is 30.0 Å². The molecule has 0 fully saturated rings. The summed E-state index contributed by atoms with van der Waals surface area (Å²) in [5.74, 6) is 0.572. The number of H-pyrrole nitrogens is 1. The van der Waals surface area contributed by atoms with E-state index in [1.165, 1.54) is 28.0 Å². The van der Waals surface area contributed by atoms with Crippen LogP contribution in [0, 0.1) is 0 Å². The summed E-state index contributed by atoms with van der Waals surface area (Å²) in [4.78, 5) is 35.0. The van der Waals surface area contributed by atoms with Crippen LogP contribution in [-0.4, -0.2) is 34.6 Å². The van der Waals surface area contributed by atoms with E-state index in [0.29, 0.717) is 15.7 Å². The van der Waals surface area contributed by atoms with Crippen LogP contribution in [0.5, 0.6) is 5.75 Å². The van der Waals surface area contributed by atoms with Gasteiger partial charge >= 0.3 is 0 Å². The number of hydrogen-bond acceptors (Lipinski definition) is 6. The zero-order valence-electron chi connectivity index (χ0n) is 18.6. The number of carbonyl (C=O) groups excluding carboxylic acids is 2. The molecule has 0 aliphatic heterocycles. The highest BCUT2D eigenvalue weighted by atomic mass is 32.2. The first kappa shape index (κ1) is 22.5. The predicted octanol–water partition coefficient (Wildman–Crippen LogP) is 5.49.